The predicted molar refractivity (Wildman–Crippen MR) is 63.3 cm³/mol. The molecule has 0 aromatic heterocycles. The Morgan fingerprint density at radius 3 is 2.24 bits per heavy atom. The van der Waals surface area contributed by atoms with Crippen LogP contribution in [0.25, 0.3) is 0 Å². The van der Waals surface area contributed by atoms with Gasteiger partial charge in [0.2, 0.25) is 0 Å². The molecule has 0 radical (unpaired) electrons. The summed E-state index contributed by atoms with van der Waals surface area (Å²) in [5.41, 5.74) is 0.823. The Labute approximate surface area is 101 Å². The van der Waals surface area contributed by atoms with Crippen LogP contribution in [-0.2, 0) is 6.42 Å². The molecule has 0 N–H and O–H groups in total. The van der Waals surface area contributed by atoms with Gasteiger partial charge in [0.25, 0.3) is 0 Å². The highest BCUT2D eigenvalue weighted by molar-refractivity contribution is 5.33. The third-order valence-corrected chi connectivity index (χ3v) is 1.88. The predicted octanol–water partition coefficient (Wildman–Crippen LogP) is 4.61. The van der Waals surface area contributed by atoms with Gasteiger partial charge in [0.1, 0.15) is 5.75 Å². The van der Waals surface area contributed by atoms with Crippen molar-refractivity contribution in [3.63, 3.8) is 0 Å². The third-order valence-electron chi connectivity index (χ3n) is 1.88. The van der Waals surface area contributed by atoms with Gasteiger partial charge in [0, 0.05) is 0 Å². The van der Waals surface area contributed by atoms with Gasteiger partial charge in [-0.15, -0.1) is 0 Å². The van der Waals surface area contributed by atoms with Crippen molar-refractivity contribution in [2.24, 2.45) is 0 Å². The summed E-state index contributed by atoms with van der Waals surface area (Å²) in [6.45, 7) is 4.74. The number of benzene rings is 1. The van der Waals surface area contributed by atoms with Crippen molar-refractivity contribution in [1.82, 2.24) is 0 Å². The number of halogens is 3. The summed E-state index contributed by atoms with van der Waals surface area (Å²) in [5, 5.41) is 0. The molecular formula is C13H19F3O. The summed E-state index contributed by atoms with van der Waals surface area (Å²) >= 11 is 0. The molecule has 1 aromatic carbocycles. The second-order valence-electron chi connectivity index (χ2n) is 3.26. The Morgan fingerprint density at radius 2 is 1.71 bits per heavy atom. The van der Waals surface area contributed by atoms with E-state index in [1.54, 1.807) is 24.3 Å². The number of ether oxygens (including phenoxy) is 1. The van der Waals surface area contributed by atoms with Crippen molar-refractivity contribution in [3.05, 3.63) is 29.8 Å². The van der Waals surface area contributed by atoms with Gasteiger partial charge in [0.15, 0.2) is 6.61 Å². The van der Waals surface area contributed by atoms with Crippen molar-refractivity contribution in [2.45, 2.75) is 39.8 Å². The van der Waals surface area contributed by atoms with Gasteiger partial charge >= 0.3 is 6.18 Å². The van der Waals surface area contributed by atoms with Crippen molar-refractivity contribution in [1.29, 1.82) is 0 Å². The van der Waals surface area contributed by atoms with E-state index in [2.05, 4.69) is 0 Å². The zero-order chi connectivity index (χ0) is 13.3. The number of aryl methyl sites for hydroxylation is 1. The Bertz CT molecular complexity index is 308. The molecular weight excluding hydrogens is 229 g/mol. The van der Waals surface area contributed by atoms with E-state index in [-0.39, 0.29) is 0 Å². The van der Waals surface area contributed by atoms with Gasteiger partial charge in [0.05, 0.1) is 0 Å². The van der Waals surface area contributed by atoms with Gasteiger partial charge in [-0.3, -0.25) is 0 Å². The van der Waals surface area contributed by atoms with E-state index in [0.717, 1.165) is 18.4 Å². The summed E-state index contributed by atoms with van der Waals surface area (Å²) in [4.78, 5) is 0. The molecule has 17 heavy (non-hydrogen) atoms. The fourth-order valence-corrected chi connectivity index (χ4v) is 1.28. The van der Waals surface area contributed by atoms with Crippen LogP contribution < -0.4 is 4.74 Å². The van der Waals surface area contributed by atoms with Gasteiger partial charge in [-0.2, -0.15) is 13.2 Å². The van der Waals surface area contributed by atoms with Crippen LogP contribution in [0.2, 0.25) is 0 Å². The van der Waals surface area contributed by atoms with Crippen LogP contribution in [0, 0.1) is 0 Å². The molecule has 0 bridgehead atoms. The number of alkyl halides is 3. The smallest absolute Gasteiger partial charge is 0.422 e. The van der Waals surface area contributed by atoms with Crippen LogP contribution in [-0.4, -0.2) is 12.8 Å². The summed E-state index contributed by atoms with van der Waals surface area (Å²) in [6, 6.07) is 6.82. The fourth-order valence-electron chi connectivity index (χ4n) is 1.28. The molecule has 1 rings (SSSR count). The molecule has 0 atom stereocenters. The highest BCUT2D eigenvalue weighted by atomic mass is 19.4. The molecule has 0 heterocycles. The molecule has 0 fully saturated rings. The average molecular weight is 248 g/mol. The molecule has 0 aliphatic rings. The Balaban J connectivity index is 0.00000121. The van der Waals surface area contributed by atoms with Gasteiger partial charge in [-0.25, -0.2) is 0 Å². The van der Waals surface area contributed by atoms with Crippen molar-refractivity contribution < 1.29 is 17.9 Å². The van der Waals surface area contributed by atoms with Crippen LogP contribution >= 0.6 is 0 Å². The third kappa shape index (κ3) is 6.87. The zero-order valence-corrected chi connectivity index (χ0v) is 10.5. The topological polar surface area (TPSA) is 9.23 Å². The highest BCUT2D eigenvalue weighted by Crippen LogP contribution is 2.22. The van der Waals surface area contributed by atoms with Crippen LogP contribution in [0.1, 0.15) is 32.8 Å². The Hall–Kier alpha value is -1.19. The zero-order valence-electron chi connectivity index (χ0n) is 10.5. The van der Waals surface area contributed by atoms with Crippen molar-refractivity contribution >= 4 is 0 Å². The maximum absolute atomic E-state index is 11.9. The van der Waals surface area contributed by atoms with Crippen LogP contribution in [0.5, 0.6) is 5.75 Å². The molecule has 0 spiro atoms. The lowest BCUT2D eigenvalue weighted by molar-refractivity contribution is -0.153. The number of hydrogen-bond donors (Lipinski definition) is 0. The second-order valence-corrected chi connectivity index (χ2v) is 3.26. The van der Waals surface area contributed by atoms with Gasteiger partial charge < -0.3 is 4.74 Å². The minimum absolute atomic E-state index is 0.330. The molecule has 1 nitrogen and oxygen atoms in total. The maximum Gasteiger partial charge on any atom is 0.422 e. The summed E-state index contributed by atoms with van der Waals surface area (Å²) < 4.78 is 40.5. The maximum atomic E-state index is 11.9. The normalized spacial score (nSPS) is 10.5. The molecule has 0 unspecified atom stereocenters. The first-order chi connectivity index (χ1) is 8.03. The summed E-state index contributed by atoms with van der Waals surface area (Å²) in [6.07, 6.45) is -2.67. The average Bonchev–Trinajstić information content (AvgIpc) is 2.30. The summed E-state index contributed by atoms with van der Waals surface area (Å²) in [5.74, 6) is 0.330. The number of para-hydroxylation sites is 1. The molecule has 0 aliphatic carbocycles. The minimum Gasteiger partial charge on any atom is -0.484 e. The lowest BCUT2D eigenvalue weighted by Gasteiger charge is -2.12. The monoisotopic (exact) mass is 248 g/mol. The largest absolute Gasteiger partial charge is 0.484 e. The molecule has 98 valence electrons. The highest BCUT2D eigenvalue weighted by Gasteiger charge is 2.28. The molecule has 0 amide bonds. The number of hydrogen-bond acceptors (Lipinski definition) is 1. The van der Waals surface area contributed by atoms with Crippen LogP contribution in [0.3, 0.4) is 0 Å². The number of rotatable bonds is 4. The quantitative estimate of drug-likeness (QED) is 0.756. The van der Waals surface area contributed by atoms with E-state index in [1.807, 2.05) is 20.8 Å². The fraction of sp³-hybridized carbons (Fsp3) is 0.538. The SMILES string of the molecule is CC.CCCc1ccccc1OCC(F)(F)F. The lowest BCUT2D eigenvalue weighted by Crippen LogP contribution is -2.19. The van der Waals surface area contributed by atoms with E-state index < -0.39 is 12.8 Å². The first-order valence-corrected chi connectivity index (χ1v) is 5.80. The Morgan fingerprint density at radius 1 is 1.12 bits per heavy atom. The van der Waals surface area contributed by atoms with Gasteiger partial charge in [-0.1, -0.05) is 45.4 Å². The molecule has 1 aromatic rings. The first kappa shape index (κ1) is 15.8. The van der Waals surface area contributed by atoms with Crippen molar-refractivity contribution in [2.75, 3.05) is 6.61 Å². The minimum atomic E-state index is -4.28. The van der Waals surface area contributed by atoms with Gasteiger partial charge in [-0.05, 0) is 18.1 Å². The molecule has 0 aliphatic heterocycles. The standard InChI is InChI=1S/C11H13F3O.C2H6/c1-2-5-9-6-3-4-7-10(9)15-8-11(12,13)14;1-2/h3-4,6-7H,2,5,8H2,1H3;1-2H3. The Kier molecular flexibility index (Phi) is 7.42. The lowest BCUT2D eigenvalue weighted by atomic mass is 10.1. The molecule has 0 saturated heterocycles. The van der Waals surface area contributed by atoms with Crippen LogP contribution in [0.15, 0.2) is 24.3 Å². The molecule has 4 heteroatoms. The molecule has 0 saturated carbocycles. The van der Waals surface area contributed by atoms with E-state index in [0.29, 0.717) is 5.75 Å². The van der Waals surface area contributed by atoms with Crippen LogP contribution in [0.4, 0.5) is 13.2 Å². The van der Waals surface area contributed by atoms with E-state index >= 15 is 0 Å². The first-order valence-electron chi connectivity index (χ1n) is 5.80. The summed E-state index contributed by atoms with van der Waals surface area (Å²) in [7, 11) is 0. The van der Waals surface area contributed by atoms with E-state index in [9.17, 15) is 13.2 Å². The van der Waals surface area contributed by atoms with Crippen molar-refractivity contribution in [3.8, 4) is 5.75 Å². The van der Waals surface area contributed by atoms with E-state index in [1.165, 1.54) is 0 Å². The second kappa shape index (κ2) is 7.98. The van der Waals surface area contributed by atoms with E-state index in [4.69, 9.17) is 4.74 Å².